The Hall–Kier alpha value is -1.74. The number of hydrogen-bond acceptors (Lipinski definition) is 5. The smallest absolute Gasteiger partial charge is 0.244 e. The van der Waals surface area contributed by atoms with Gasteiger partial charge >= 0.3 is 0 Å². The van der Waals surface area contributed by atoms with Crippen molar-refractivity contribution in [2.24, 2.45) is 0 Å². The molecule has 1 amide bonds. The third-order valence-electron chi connectivity index (χ3n) is 4.69. The zero-order valence-electron chi connectivity index (χ0n) is 16.1. The van der Waals surface area contributed by atoms with E-state index in [9.17, 15) is 13.2 Å². The summed E-state index contributed by atoms with van der Waals surface area (Å²) < 4.78 is 32.1. The lowest BCUT2D eigenvalue weighted by Gasteiger charge is -2.34. The van der Waals surface area contributed by atoms with E-state index in [4.69, 9.17) is 16.3 Å². The van der Waals surface area contributed by atoms with Crippen molar-refractivity contribution in [1.29, 1.82) is 0 Å². The van der Waals surface area contributed by atoms with E-state index in [2.05, 4.69) is 0 Å². The summed E-state index contributed by atoms with van der Waals surface area (Å²) in [6.07, 6.45) is 0.411. The summed E-state index contributed by atoms with van der Waals surface area (Å²) >= 11 is 7.66. The fourth-order valence-corrected chi connectivity index (χ4v) is 5.81. The fraction of sp³-hybridized carbons (Fsp3) is 0.350. The molecule has 2 aromatic carbocycles. The molecule has 6 nitrogen and oxygen atoms in total. The van der Waals surface area contributed by atoms with Crippen molar-refractivity contribution >= 4 is 39.3 Å². The Bertz CT molecular complexity index is 943. The summed E-state index contributed by atoms with van der Waals surface area (Å²) in [4.78, 5) is 15.4. The first-order valence-electron chi connectivity index (χ1n) is 9.21. The van der Waals surface area contributed by atoms with Gasteiger partial charge in [0.05, 0.1) is 12.1 Å². The molecule has 1 saturated heterocycles. The van der Waals surface area contributed by atoms with Gasteiger partial charge in [-0.25, -0.2) is 8.42 Å². The number of carbonyl (C=O) groups is 1. The minimum atomic E-state index is -3.65. The number of piperazine rings is 1. The molecule has 2 aromatic rings. The highest BCUT2D eigenvalue weighted by Crippen LogP contribution is 2.25. The molecular formula is C20H23ClN2O4S2. The molecule has 0 N–H and O–H groups in total. The monoisotopic (exact) mass is 454 g/mol. The average molecular weight is 455 g/mol. The first-order valence-corrected chi connectivity index (χ1v) is 12.0. The maximum absolute atomic E-state index is 12.8. The predicted molar refractivity (Wildman–Crippen MR) is 115 cm³/mol. The minimum absolute atomic E-state index is 0.0424. The van der Waals surface area contributed by atoms with E-state index in [1.165, 1.54) is 10.4 Å². The lowest BCUT2D eigenvalue weighted by molar-refractivity contribution is -0.131. The fourth-order valence-electron chi connectivity index (χ4n) is 3.06. The van der Waals surface area contributed by atoms with Crippen molar-refractivity contribution in [2.45, 2.75) is 16.2 Å². The number of benzene rings is 2. The molecule has 1 aliphatic heterocycles. The second kappa shape index (κ2) is 9.84. The van der Waals surface area contributed by atoms with Gasteiger partial charge in [0.15, 0.2) is 0 Å². The Kier molecular flexibility index (Phi) is 7.45. The van der Waals surface area contributed by atoms with Gasteiger partial charge in [0.25, 0.3) is 0 Å². The van der Waals surface area contributed by atoms with Crippen molar-refractivity contribution in [3.8, 4) is 5.75 Å². The number of thioether (sulfide) groups is 1. The van der Waals surface area contributed by atoms with Crippen LogP contribution in [0.3, 0.4) is 0 Å². The second-order valence-corrected chi connectivity index (χ2v) is 9.97. The van der Waals surface area contributed by atoms with Gasteiger partial charge in [0.1, 0.15) is 10.6 Å². The third-order valence-corrected chi connectivity index (χ3v) is 8.10. The van der Waals surface area contributed by atoms with Gasteiger partial charge in [-0.3, -0.25) is 4.79 Å². The van der Waals surface area contributed by atoms with Crippen LogP contribution in [-0.2, 0) is 14.8 Å². The van der Waals surface area contributed by atoms with Gasteiger partial charge in [0.2, 0.25) is 15.9 Å². The molecule has 3 rings (SSSR count). The second-order valence-electron chi connectivity index (χ2n) is 6.49. The Labute approximate surface area is 180 Å². The van der Waals surface area contributed by atoms with Crippen LogP contribution in [0.25, 0.3) is 0 Å². The maximum atomic E-state index is 12.8. The molecule has 0 spiro atoms. The predicted octanol–water partition coefficient (Wildman–Crippen LogP) is 3.36. The highest BCUT2D eigenvalue weighted by atomic mass is 35.5. The zero-order valence-corrected chi connectivity index (χ0v) is 18.5. The van der Waals surface area contributed by atoms with E-state index < -0.39 is 10.0 Å². The molecule has 29 heavy (non-hydrogen) atoms. The quantitative estimate of drug-likeness (QED) is 0.600. The summed E-state index contributed by atoms with van der Waals surface area (Å²) in [6, 6.07) is 14.1. The van der Waals surface area contributed by atoms with Crippen LogP contribution in [0, 0.1) is 0 Å². The molecular weight excluding hydrogens is 432 g/mol. The van der Waals surface area contributed by atoms with Crippen LogP contribution in [0.5, 0.6) is 5.75 Å². The number of ether oxygens (including phenoxy) is 1. The van der Waals surface area contributed by atoms with Crippen molar-refractivity contribution in [2.75, 3.05) is 39.0 Å². The Morgan fingerprint density at radius 1 is 1.07 bits per heavy atom. The van der Waals surface area contributed by atoms with E-state index in [1.54, 1.807) is 42.0 Å². The molecule has 1 aliphatic rings. The molecule has 0 atom stereocenters. The summed E-state index contributed by atoms with van der Waals surface area (Å²) in [5.41, 5.74) is 0. The molecule has 9 heteroatoms. The van der Waals surface area contributed by atoms with Gasteiger partial charge < -0.3 is 9.64 Å². The standard InChI is InChI=1S/C20H23ClN2O4S2/c1-27-16-6-8-17(9-7-16)28-15-10-20(24)22-11-13-23(14-12-22)29(25,26)19-5-3-2-4-18(19)21/h2-9H,10-15H2,1H3. The molecule has 0 aromatic heterocycles. The van der Waals surface area contributed by atoms with Crippen LogP contribution in [0.15, 0.2) is 58.3 Å². The third kappa shape index (κ3) is 5.45. The van der Waals surface area contributed by atoms with Crippen LogP contribution < -0.4 is 4.74 Å². The first kappa shape index (κ1) is 22.0. The van der Waals surface area contributed by atoms with Crippen LogP contribution in [0.4, 0.5) is 0 Å². The van der Waals surface area contributed by atoms with E-state index >= 15 is 0 Å². The van der Waals surface area contributed by atoms with Gasteiger partial charge in [-0.05, 0) is 36.4 Å². The highest BCUT2D eigenvalue weighted by Gasteiger charge is 2.31. The molecule has 1 heterocycles. The first-order chi connectivity index (χ1) is 13.9. The molecule has 0 radical (unpaired) electrons. The Morgan fingerprint density at radius 2 is 1.72 bits per heavy atom. The van der Waals surface area contributed by atoms with Crippen LogP contribution in [0.1, 0.15) is 6.42 Å². The summed E-state index contributed by atoms with van der Waals surface area (Å²) in [5.74, 6) is 1.51. The lowest BCUT2D eigenvalue weighted by atomic mass is 10.3. The molecule has 156 valence electrons. The number of nitrogens with zero attached hydrogens (tertiary/aromatic N) is 2. The summed E-state index contributed by atoms with van der Waals surface area (Å²) in [7, 11) is -2.03. The molecule has 0 saturated carbocycles. The highest BCUT2D eigenvalue weighted by molar-refractivity contribution is 7.99. The number of sulfonamides is 1. The minimum Gasteiger partial charge on any atom is -0.497 e. The van der Waals surface area contributed by atoms with Crippen molar-refractivity contribution in [1.82, 2.24) is 9.21 Å². The largest absolute Gasteiger partial charge is 0.497 e. The number of amides is 1. The SMILES string of the molecule is COc1ccc(SCCC(=O)N2CCN(S(=O)(=O)c3ccccc3Cl)CC2)cc1. The topological polar surface area (TPSA) is 66.9 Å². The number of halogens is 1. The Morgan fingerprint density at radius 3 is 2.34 bits per heavy atom. The van der Waals surface area contributed by atoms with Gasteiger partial charge in [0, 0.05) is 43.2 Å². The number of carbonyl (C=O) groups excluding carboxylic acids is 1. The zero-order chi connectivity index (χ0) is 20.9. The average Bonchev–Trinajstić information content (AvgIpc) is 2.74. The van der Waals surface area contributed by atoms with E-state index in [0.717, 1.165) is 10.6 Å². The molecule has 0 bridgehead atoms. The van der Waals surface area contributed by atoms with Crippen molar-refractivity contribution < 1.29 is 17.9 Å². The number of hydrogen-bond donors (Lipinski definition) is 0. The van der Waals surface area contributed by atoms with Gasteiger partial charge in [-0.1, -0.05) is 23.7 Å². The molecule has 0 aliphatic carbocycles. The number of rotatable bonds is 7. The van der Waals surface area contributed by atoms with E-state index in [-0.39, 0.29) is 28.9 Å². The van der Waals surface area contributed by atoms with Crippen molar-refractivity contribution in [3.05, 3.63) is 53.6 Å². The molecule has 0 unspecified atom stereocenters. The van der Waals surface area contributed by atoms with Gasteiger partial charge in [-0.2, -0.15) is 4.31 Å². The van der Waals surface area contributed by atoms with Gasteiger partial charge in [-0.15, -0.1) is 11.8 Å². The van der Waals surface area contributed by atoms with Crippen LogP contribution >= 0.6 is 23.4 Å². The van der Waals surface area contributed by atoms with E-state index in [1.807, 2.05) is 24.3 Å². The normalized spacial score (nSPS) is 15.3. The van der Waals surface area contributed by atoms with Crippen LogP contribution in [0.2, 0.25) is 5.02 Å². The Balaban J connectivity index is 1.48. The van der Waals surface area contributed by atoms with E-state index in [0.29, 0.717) is 25.3 Å². The maximum Gasteiger partial charge on any atom is 0.244 e. The number of methoxy groups -OCH3 is 1. The van der Waals surface area contributed by atoms with Crippen LogP contribution in [-0.4, -0.2) is 62.6 Å². The lowest BCUT2D eigenvalue weighted by Crippen LogP contribution is -2.50. The molecule has 1 fully saturated rings. The summed E-state index contributed by atoms with van der Waals surface area (Å²) in [6.45, 7) is 1.31. The van der Waals surface area contributed by atoms with Crippen molar-refractivity contribution in [3.63, 3.8) is 0 Å². The summed E-state index contributed by atoms with van der Waals surface area (Å²) in [5, 5.41) is 0.210.